The normalized spacial score (nSPS) is 21.4. The van der Waals surface area contributed by atoms with E-state index < -0.39 is 0 Å². The van der Waals surface area contributed by atoms with Gasteiger partial charge < -0.3 is 15.0 Å². The lowest BCUT2D eigenvalue weighted by molar-refractivity contribution is 0.158. The molecule has 118 valence electrons. The van der Waals surface area contributed by atoms with E-state index in [2.05, 4.69) is 52.0 Å². The molecule has 4 nitrogen and oxygen atoms in total. The van der Waals surface area contributed by atoms with Crippen LogP contribution in [0.3, 0.4) is 0 Å². The molecular formula is C16H27N3OS. The number of hydrogen-bond donors (Lipinski definition) is 1. The van der Waals surface area contributed by atoms with E-state index in [-0.39, 0.29) is 10.7 Å². The van der Waals surface area contributed by atoms with Crippen LogP contribution < -0.4 is 10.1 Å². The highest BCUT2D eigenvalue weighted by molar-refractivity contribution is 7.86. The Balaban J connectivity index is 1.82. The van der Waals surface area contributed by atoms with E-state index >= 15 is 0 Å². The molecule has 0 amide bonds. The van der Waals surface area contributed by atoms with E-state index in [1.807, 2.05) is 7.05 Å². The molecule has 2 atom stereocenters. The van der Waals surface area contributed by atoms with Crippen LogP contribution in [0.1, 0.15) is 13.3 Å². The number of rotatable bonds is 6. The Bertz CT molecular complexity index is 459. The number of benzene rings is 1. The molecule has 1 saturated heterocycles. The van der Waals surface area contributed by atoms with Gasteiger partial charge in [-0.3, -0.25) is 4.36 Å². The summed E-state index contributed by atoms with van der Waals surface area (Å²) in [5, 5.41) is 3.54. The summed E-state index contributed by atoms with van der Waals surface area (Å²) in [7, 11) is 1.85. The fourth-order valence-corrected chi connectivity index (χ4v) is 3.30. The molecule has 1 aliphatic rings. The van der Waals surface area contributed by atoms with Gasteiger partial charge in [-0.05, 0) is 43.5 Å². The topological polar surface area (TPSA) is 36.9 Å². The summed E-state index contributed by atoms with van der Waals surface area (Å²) in [5.41, 5.74) is 0. The lowest BCUT2D eigenvalue weighted by Gasteiger charge is -2.33. The van der Waals surface area contributed by atoms with Crippen LogP contribution in [-0.2, 0) is 10.7 Å². The molecule has 1 aliphatic heterocycles. The van der Waals surface area contributed by atoms with Crippen LogP contribution in [0.5, 0.6) is 5.75 Å². The second-order valence-corrected chi connectivity index (χ2v) is 7.19. The Hall–Kier alpha value is -0.910. The number of nitrogens with one attached hydrogen (secondary N) is 1. The van der Waals surface area contributed by atoms with E-state index in [0.717, 1.165) is 32.0 Å². The molecule has 1 heterocycles. The first kappa shape index (κ1) is 16.5. The Labute approximate surface area is 131 Å². The molecule has 0 aliphatic carbocycles. The van der Waals surface area contributed by atoms with Crippen molar-refractivity contribution in [1.82, 2.24) is 10.2 Å². The standard InChI is InChI=1S/C16H27N3OS/c1-4-10-19-11-9-18-14(12-19)13-20-15-5-7-16(8-6-15)21(3)17-2/h5-8,14,18H,4,9-13H2,1-3H3. The van der Waals surface area contributed by atoms with Crippen molar-refractivity contribution in [3.05, 3.63) is 24.3 Å². The molecule has 1 aromatic rings. The summed E-state index contributed by atoms with van der Waals surface area (Å²) >= 11 is 0. The molecule has 21 heavy (non-hydrogen) atoms. The Morgan fingerprint density at radius 2 is 2.14 bits per heavy atom. The van der Waals surface area contributed by atoms with Gasteiger partial charge in [0.05, 0.1) is 6.04 Å². The van der Waals surface area contributed by atoms with Gasteiger partial charge in [0.25, 0.3) is 0 Å². The number of nitrogens with zero attached hydrogens (tertiary/aromatic N) is 2. The minimum Gasteiger partial charge on any atom is -0.492 e. The zero-order valence-electron chi connectivity index (χ0n) is 13.3. The van der Waals surface area contributed by atoms with Crippen molar-refractivity contribution >= 4 is 10.7 Å². The van der Waals surface area contributed by atoms with Crippen molar-refractivity contribution in [3.63, 3.8) is 0 Å². The van der Waals surface area contributed by atoms with Crippen LogP contribution in [0.15, 0.2) is 33.5 Å². The van der Waals surface area contributed by atoms with Crippen LogP contribution in [0, 0.1) is 0 Å². The third-order valence-electron chi connectivity index (χ3n) is 3.77. The van der Waals surface area contributed by atoms with E-state index in [0.29, 0.717) is 6.04 Å². The van der Waals surface area contributed by atoms with Gasteiger partial charge >= 0.3 is 0 Å². The van der Waals surface area contributed by atoms with E-state index in [1.54, 1.807) is 0 Å². The highest BCUT2D eigenvalue weighted by Crippen LogP contribution is 2.15. The minimum absolute atomic E-state index is 0.0136. The van der Waals surface area contributed by atoms with Gasteiger partial charge in [0.1, 0.15) is 12.4 Å². The minimum atomic E-state index is -0.0136. The predicted octanol–water partition coefficient (Wildman–Crippen LogP) is 2.17. The monoisotopic (exact) mass is 309 g/mol. The Morgan fingerprint density at radius 3 is 2.81 bits per heavy atom. The summed E-state index contributed by atoms with van der Waals surface area (Å²) in [6.45, 7) is 7.45. The molecule has 1 aromatic carbocycles. The van der Waals surface area contributed by atoms with Crippen molar-refractivity contribution < 1.29 is 4.74 Å². The Morgan fingerprint density at radius 1 is 1.38 bits per heavy atom. The van der Waals surface area contributed by atoms with Gasteiger partial charge in [-0.25, -0.2) is 0 Å². The molecule has 0 radical (unpaired) electrons. The maximum absolute atomic E-state index is 5.92. The number of piperazine rings is 1. The van der Waals surface area contributed by atoms with Gasteiger partial charge in [0.2, 0.25) is 0 Å². The average molecular weight is 309 g/mol. The first-order valence-electron chi connectivity index (χ1n) is 7.67. The second-order valence-electron chi connectivity index (χ2n) is 5.39. The predicted molar refractivity (Wildman–Crippen MR) is 90.4 cm³/mol. The highest BCUT2D eigenvalue weighted by Gasteiger charge is 2.18. The molecule has 2 unspecified atom stereocenters. The largest absolute Gasteiger partial charge is 0.492 e. The van der Waals surface area contributed by atoms with E-state index in [1.165, 1.54) is 17.9 Å². The fraction of sp³-hybridized carbons (Fsp3) is 0.625. The molecule has 0 saturated carbocycles. The van der Waals surface area contributed by atoms with Crippen molar-refractivity contribution in [1.29, 1.82) is 0 Å². The first-order chi connectivity index (χ1) is 10.2. The molecule has 5 heteroatoms. The SMILES string of the molecule is CCCN1CCNC(COc2ccc(S(C)=NC)cc2)C1. The van der Waals surface area contributed by atoms with E-state index in [9.17, 15) is 0 Å². The maximum Gasteiger partial charge on any atom is 0.119 e. The fourth-order valence-electron chi connectivity index (χ4n) is 2.56. The molecule has 0 spiro atoms. The van der Waals surface area contributed by atoms with Crippen LogP contribution in [0.2, 0.25) is 0 Å². The lowest BCUT2D eigenvalue weighted by Crippen LogP contribution is -2.53. The van der Waals surface area contributed by atoms with Crippen molar-refractivity contribution in [2.75, 3.05) is 46.1 Å². The van der Waals surface area contributed by atoms with Crippen molar-refractivity contribution in [2.24, 2.45) is 4.36 Å². The van der Waals surface area contributed by atoms with Gasteiger partial charge in [-0.1, -0.05) is 17.6 Å². The molecule has 0 bridgehead atoms. The molecule has 0 aromatic heterocycles. The molecular weight excluding hydrogens is 282 g/mol. The smallest absolute Gasteiger partial charge is 0.119 e. The van der Waals surface area contributed by atoms with Crippen molar-refractivity contribution in [2.45, 2.75) is 24.3 Å². The molecule has 2 rings (SSSR count). The first-order valence-corrected chi connectivity index (χ1v) is 9.26. The zero-order valence-corrected chi connectivity index (χ0v) is 14.2. The van der Waals surface area contributed by atoms with Crippen LogP contribution >= 0.6 is 0 Å². The molecule has 1 fully saturated rings. The van der Waals surface area contributed by atoms with E-state index in [4.69, 9.17) is 4.74 Å². The summed E-state index contributed by atoms with van der Waals surface area (Å²) < 4.78 is 10.2. The van der Waals surface area contributed by atoms with Crippen molar-refractivity contribution in [3.8, 4) is 5.75 Å². The maximum atomic E-state index is 5.92. The lowest BCUT2D eigenvalue weighted by atomic mass is 10.2. The Kier molecular flexibility index (Phi) is 6.67. The summed E-state index contributed by atoms with van der Waals surface area (Å²) in [6, 6.07) is 8.76. The quantitative estimate of drug-likeness (QED) is 0.875. The van der Waals surface area contributed by atoms with Crippen LogP contribution in [-0.4, -0.2) is 57.0 Å². The molecule has 1 N–H and O–H groups in total. The van der Waals surface area contributed by atoms with Gasteiger partial charge in [0.15, 0.2) is 0 Å². The summed E-state index contributed by atoms with van der Waals surface area (Å²) in [5.74, 6) is 0.946. The van der Waals surface area contributed by atoms with Crippen LogP contribution in [0.25, 0.3) is 0 Å². The summed E-state index contributed by atoms with van der Waals surface area (Å²) in [6.07, 6.45) is 3.35. The third kappa shape index (κ3) is 5.09. The van der Waals surface area contributed by atoms with Gasteiger partial charge in [-0.15, -0.1) is 0 Å². The number of ether oxygens (including phenoxy) is 1. The highest BCUT2D eigenvalue weighted by atomic mass is 32.2. The second kappa shape index (κ2) is 8.51. The zero-order chi connectivity index (χ0) is 15.1. The van der Waals surface area contributed by atoms with Gasteiger partial charge in [0, 0.05) is 31.6 Å². The third-order valence-corrected chi connectivity index (χ3v) is 5.27. The summed E-state index contributed by atoms with van der Waals surface area (Å²) in [4.78, 5) is 3.77. The average Bonchev–Trinajstić information content (AvgIpc) is 2.53. The van der Waals surface area contributed by atoms with Crippen LogP contribution in [0.4, 0.5) is 0 Å². The van der Waals surface area contributed by atoms with Gasteiger partial charge in [-0.2, -0.15) is 0 Å². The number of hydrogen-bond acceptors (Lipinski definition) is 4.